The number of hydrogen-bond donors (Lipinski definition) is 2. The Morgan fingerprint density at radius 1 is 1.06 bits per heavy atom. The highest BCUT2D eigenvalue weighted by atomic mass is 32.2. The molecule has 2 aromatic carbocycles. The second-order valence-corrected chi connectivity index (χ2v) is 10.7. The van der Waals surface area contributed by atoms with Crippen LogP contribution in [0.25, 0.3) is 10.9 Å². The number of H-pyrrole nitrogens is 1. The van der Waals surface area contributed by atoms with Crippen LogP contribution in [-0.4, -0.2) is 36.7 Å². The highest BCUT2D eigenvalue weighted by molar-refractivity contribution is 7.89. The summed E-state index contributed by atoms with van der Waals surface area (Å²) in [5.41, 5.74) is 1.07. The largest absolute Gasteiger partial charge is 0.345 e. The van der Waals surface area contributed by atoms with E-state index in [0.29, 0.717) is 10.9 Å². The highest BCUT2D eigenvalue weighted by Crippen LogP contribution is 2.28. The summed E-state index contributed by atoms with van der Waals surface area (Å²) in [7, 11) is -2.12. The third-order valence-electron chi connectivity index (χ3n) is 6.47. The van der Waals surface area contributed by atoms with Gasteiger partial charge in [-0.1, -0.05) is 49.6 Å². The van der Waals surface area contributed by atoms with Crippen molar-refractivity contribution in [1.29, 1.82) is 0 Å². The van der Waals surface area contributed by atoms with Crippen LogP contribution in [0.2, 0.25) is 0 Å². The van der Waals surface area contributed by atoms with Crippen molar-refractivity contribution in [2.45, 2.75) is 56.0 Å². The van der Waals surface area contributed by atoms with Crippen molar-refractivity contribution in [2.75, 3.05) is 7.05 Å². The Hall–Kier alpha value is -2.97. The van der Waals surface area contributed by atoms with E-state index >= 15 is 0 Å². The monoisotopic (exact) mass is 467 g/mol. The van der Waals surface area contributed by atoms with Gasteiger partial charge in [0.25, 0.3) is 5.91 Å². The molecule has 1 aromatic heterocycles. The fraction of sp³-hybridized carbons (Fsp3) is 0.360. The Balaban J connectivity index is 1.70. The maximum absolute atomic E-state index is 13.3. The van der Waals surface area contributed by atoms with E-state index in [4.69, 9.17) is 0 Å². The molecule has 8 heteroatoms. The van der Waals surface area contributed by atoms with E-state index in [1.165, 1.54) is 22.5 Å². The molecule has 1 amide bonds. The molecule has 1 aliphatic carbocycles. The van der Waals surface area contributed by atoms with Gasteiger partial charge in [0.15, 0.2) is 0 Å². The van der Waals surface area contributed by atoms with Gasteiger partial charge in [0.1, 0.15) is 0 Å². The summed E-state index contributed by atoms with van der Waals surface area (Å²) in [5, 5.41) is 3.31. The number of carbonyl (C=O) groups is 1. The van der Waals surface area contributed by atoms with Crippen molar-refractivity contribution in [3.63, 3.8) is 0 Å². The number of rotatable bonds is 6. The van der Waals surface area contributed by atoms with Crippen LogP contribution in [0, 0.1) is 0 Å². The Morgan fingerprint density at radius 2 is 1.76 bits per heavy atom. The smallest absolute Gasteiger partial charge is 0.252 e. The Kier molecular flexibility index (Phi) is 6.67. The lowest BCUT2D eigenvalue weighted by Crippen LogP contribution is -2.38. The first kappa shape index (κ1) is 23.2. The molecule has 1 aliphatic rings. The Bertz CT molecular complexity index is 1310. The quantitative estimate of drug-likeness (QED) is 0.573. The van der Waals surface area contributed by atoms with E-state index in [2.05, 4.69) is 10.3 Å². The summed E-state index contributed by atoms with van der Waals surface area (Å²) < 4.78 is 28.1. The van der Waals surface area contributed by atoms with E-state index in [0.717, 1.165) is 37.7 Å². The van der Waals surface area contributed by atoms with Crippen LogP contribution in [0.5, 0.6) is 0 Å². The van der Waals surface area contributed by atoms with Crippen molar-refractivity contribution in [3.05, 3.63) is 76.1 Å². The number of sulfonamides is 1. The van der Waals surface area contributed by atoms with Crippen LogP contribution in [0.4, 0.5) is 0 Å². The summed E-state index contributed by atoms with van der Waals surface area (Å²) in [6, 6.07) is 14.9. The summed E-state index contributed by atoms with van der Waals surface area (Å²) in [4.78, 5) is 28.1. The van der Waals surface area contributed by atoms with E-state index in [-0.39, 0.29) is 22.5 Å². The molecule has 0 saturated heterocycles. The van der Waals surface area contributed by atoms with Gasteiger partial charge in [0.05, 0.1) is 16.5 Å². The average Bonchev–Trinajstić information content (AvgIpc) is 2.83. The topological polar surface area (TPSA) is 99.3 Å². The fourth-order valence-corrected chi connectivity index (χ4v) is 5.93. The number of amides is 1. The number of benzene rings is 2. The lowest BCUT2D eigenvalue weighted by atomic mass is 9.96. The molecule has 174 valence electrons. The first-order valence-corrected chi connectivity index (χ1v) is 12.7. The number of aromatic amines is 1. The second-order valence-electron chi connectivity index (χ2n) is 8.67. The molecule has 0 aliphatic heterocycles. The molecule has 1 heterocycles. The standard InChI is InChI=1S/C25H29N3O4S/c1-17(18-9-5-3-6-10-18)26-25(30)22-16-24(29)27-23-14-13-20(15-21(22)23)33(31,32)28(2)19-11-7-4-8-12-19/h3,5-6,9-10,13-17,19H,4,7-8,11-12H2,1-2H3,(H,26,30)(H,27,29). The molecule has 1 saturated carbocycles. The summed E-state index contributed by atoms with van der Waals surface area (Å²) in [6.07, 6.45) is 4.87. The molecule has 0 spiro atoms. The van der Waals surface area contributed by atoms with Crippen LogP contribution in [0.3, 0.4) is 0 Å². The Morgan fingerprint density at radius 3 is 2.45 bits per heavy atom. The molecular formula is C25H29N3O4S. The van der Waals surface area contributed by atoms with E-state index in [1.807, 2.05) is 37.3 Å². The molecule has 4 rings (SSSR count). The number of fused-ring (bicyclic) bond motifs is 1. The highest BCUT2D eigenvalue weighted by Gasteiger charge is 2.29. The van der Waals surface area contributed by atoms with Crippen LogP contribution < -0.4 is 10.9 Å². The van der Waals surface area contributed by atoms with Gasteiger partial charge in [0, 0.05) is 30.1 Å². The number of hydrogen-bond acceptors (Lipinski definition) is 4. The van der Waals surface area contributed by atoms with Gasteiger partial charge in [-0.2, -0.15) is 4.31 Å². The van der Waals surface area contributed by atoms with Gasteiger partial charge in [-0.3, -0.25) is 9.59 Å². The van der Waals surface area contributed by atoms with Gasteiger partial charge in [-0.05, 0) is 43.5 Å². The summed E-state index contributed by atoms with van der Waals surface area (Å²) in [5.74, 6) is -0.433. The summed E-state index contributed by atoms with van der Waals surface area (Å²) in [6.45, 7) is 1.86. The predicted octanol–water partition coefficient (Wildman–Crippen LogP) is 3.97. The molecule has 3 aromatic rings. The molecule has 0 bridgehead atoms. The number of nitrogens with zero attached hydrogens (tertiary/aromatic N) is 1. The molecule has 0 radical (unpaired) electrons. The van der Waals surface area contributed by atoms with Crippen LogP contribution >= 0.6 is 0 Å². The van der Waals surface area contributed by atoms with Crippen molar-refractivity contribution in [1.82, 2.24) is 14.6 Å². The maximum Gasteiger partial charge on any atom is 0.252 e. The maximum atomic E-state index is 13.3. The van der Waals surface area contributed by atoms with Crippen molar-refractivity contribution in [3.8, 4) is 0 Å². The second kappa shape index (κ2) is 9.49. The molecule has 1 atom stereocenters. The van der Waals surface area contributed by atoms with E-state index in [1.54, 1.807) is 13.1 Å². The molecule has 1 unspecified atom stereocenters. The molecule has 1 fully saturated rings. The van der Waals surface area contributed by atoms with Gasteiger partial charge in [-0.15, -0.1) is 0 Å². The SMILES string of the molecule is CC(NC(=O)c1cc(=O)[nH]c2ccc(S(=O)(=O)N(C)C3CCCCC3)cc12)c1ccccc1. The first-order valence-electron chi connectivity index (χ1n) is 11.3. The van der Waals surface area contributed by atoms with E-state index < -0.39 is 21.5 Å². The van der Waals surface area contributed by atoms with Crippen LogP contribution in [0.15, 0.2) is 64.3 Å². The first-order chi connectivity index (χ1) is 15.8. The van der Waals surface area contributed by atoms with Crippen molar-refractivity contribution in [2.24, 2.45) is 0 Å². The van der Waals surface area contributed by atoms with Crippen molar-refractivity contribution < 1.29 is 13.2 Å². The Labute approximate surface area is 193 Å². The number of nitrogens with one attached hydrogen (secondary N) is 2. The molecular weight excluding hydrogens is 438 g/mol. The average molecular weight is 468 g/mol. The van der Waals surface area contributed by atoms with Crippen LogP contribution in [-0.2, 0) is 10.0 Å². The lowest BCUT2D eigenvalue weighted by molar-refractivity contribution is 0.0941. The molecule has 33 heavy (non-hydrogen) atoms. The van der Waals surface area contributed by atoms with Gasteiger partial charge < -0.3 is 10.3 Å². The third kappa shape index (κ3) is 4.86. The van der Waals surface area contributed by atoms with E-state index in [9.17, 15) is 18.0 Å². The van der Waals surface area contributed by atoms with Crippen LogP contribution in [0.1, 0.15) is 61.0 Å². The number of pyridine rings is 1. The lowest BCUT2D eigenvalue weighted by Gasteiger charge is -2.30. The normalized spacial score (nSPS) is 16.1. The zero-order valence-electron chi connectivity index (χ0n) is 18.9. The zero-order valence-corrected chi connectivity index (χ0v) is 19.7. The summed E-state index contributed by atoms with van der Waals surface area (Å²) >= 11 is 0. The minimum atomic E-state index is -3.74. The predicted molar refractivity (Wildman–Crippen MR) is 129 cm³/mol. The third-order valence-corrected chi connectivity index (χ3v) is 8.38. The molecule has 7 nitrogen and oxygen atoms in total. The number of aromatic nitrogens is 1. The fourth-order valence-electron chi connectivity index (χ4n) is 4.49. The molecule has 2 N–H and O–H groups in total. The van der Waals surface area contributed by atoms with Gasteiger partial charge >= 0.3 is 0 Å². The number of carbonyl (C=O) groups excluding carboxylic acids is 1. The van der Waals surface area contributed by atoms with Gasteiger partial charge in [0.2, 0.25) is 15.6 Å². The zero-order chi connectivity index (χ0) is 23.6. The van der Waals surface area contributed by atoms with Gasteiger partial charge in [-0.25, -0.2) is 8.42 Å². The van der Waals surface area contributed by atoms with Crippen molar-refractivity contribution >= 4 is 26.8 Å². The minimum absolute atomic E-state index is 0.0236. The minimum Gasteiger partial charge on any atom is -0.345 e.